The Kier molecular flexibility index (Phi) is 4.08. The fraction of sp³-hybridized carbons (Fsp3) is 0.417. The average molecular weight is 300 g/mol. The van der Waals surface area contributed by atoms with Crippen LogP contribution in [0.2, 0.25) is 5.02 Å². The fourth-order valence-electron chi connectivity index (χ4n) is 1.81. The van der Waals surface area contributed by atoms with Gasteiger partial charge in [0.15, 0.2) is 17.5 Å². The molecule has 1 saturated carbocycles. The second kappa shape index (κ2) is 5.45. The molecule has 0 spiro atoms. The van der Waals surface area contributed by atoms with E-state index in [1.54, 1.807) is 16.9 Å². The smallest absolute Gasteiger partial charge is 0.155 e. The molecule has 0 aromatic carbocycles. The molecule has 2 aromatic rings. The molecule has 1 aliphatic rings. The van der Waals surface area contributed by atoms with Crippen molar-refractivity contribution in [2.45, 2.75) is 31.7 Å². The molecule has 2 N–H and O–H groups in total. The Morgan fingerprint density at radius 1 is 1.42 bits per heavy atom. The first kappa shape index (κ1) is 14.2. The van der Waals surface area contributed by atoms with Crippen molar-refractivity contribution >= 4 is 24.0 Å². The zero-order chi connectivity index (χ0) is 12.7. The molecule has 1 atom stereocenters. The van der Waals surface area contributed by atoms with Gasteiger partial charge in [-0.3, -0.25) is 0 Å². The van der Waals surface area contributed by atoms with E-state index < -0.39 is 0 Å². The predicted molar refractivity (Wildman–Crippen MR) is 76.0 cm³/mol. The molecule has 102 valence electrons. The predicted octanol–water partition coefficient (Wildman–Crippen LogP) is 2.63. The third-order valence-corrected chi connectivity index (χ3v) is 3.15. The maximum absolute atomic E-state index is 5.94. The average Bonchev–Trinajstić information content (AvgIpc) is 3.09. The molecule has 0 unspecified atom stereocenters. The second-order valence-corrected chi connectivity index (χ2v) is 5.07. The van der Waals surface area contributed by atoms with Crippen LogP contribution in [0.3, 0.4) is 0 Å². The van der Waals surface area contributed by atoms with Gasteiger partial charge >= 0.3 is 0 Å². The minimum atomic E-state index is -0.178. The van der Waals surface area contributed by atoms with Crippen molar-refractivity contribution in [1.82, 2.24) is 19.7 Å². The summed E-state index contributed by atoms with van der Waals surface area (Å²) in [5.74, 6) is 2.81. The van der Waals surface area contributed by atoms with E-state index >= 15 is 0 Å². The summed E-state index contributed by atoms with van der Waals surface area (Å²) >= 11 is 5.83. The molecule has 19 heavy (non-hydrogen) atoms. The van der Waals surface area contributed by atoms with Gasteiger partial charge in [-0.15, -0.1) is 17.5 Å². The Labute approximate surface area is 122 Å². The highest BCUT2D eigenvalue weighted by Gasteiger charge is 2.29. The van der Waals surface area contributed by atoms with E-state index in [-0.39, 0.29) is 18.4 Å². The number of rotatable bonds is 3. The topological polar surface area (TPSA) is 69.6 Å². The lowest BCUT2D eigenvalue weighted by molar-refractivity contribution is 0.680. The summed E-state index contributed by atoms with van der Waals surface area (Å²) in [6.07, 6.45) is 3.92. The van der Waals surface area contributed by atoms with Crippen LogP contribution in [0.15, 0.2) is 18.3 Å². The van der Waals surface area contributed by atoms with Gasteiger partial charge in [-0.1, -0.05) is 11.6 Å². The van der Waals surface area contributed by atoms with E-state index in [1.165, 1.54) is 0 Å². The molecule has 3 rings (SSSR count). The third-order valence-electron chi connectivity index (χ3n) is 2.93. The second-order valence-electron chi connectivity index (χ2n) is 4.64. The molecule has 0 bridgehead atoms. The van der Waals surface area contributed by atoms with E-state index in [0.717, 1.165) is 24.5 Å². The molecule has 2 heterocycles. The summed E-state index contributed by atoms with van der Waals surface area (Å²) in [5, 5.41) is 5.11. The van der Waals surface area contributed by atoms with Crippen LogP contribution in [0.1, 0.15) is 43.4 Å². The number of aromatic nitrogens is 4. The molecule has 5 nitrogen and oxygen atoms in total. The van der Waals surface area contributed by atoms with Crippen LogP contribution < -0.4 is 5.73 Å². The Balaban J connectivity index is 0.00000133. The van der Waals surface area contributed by atoms with Gasteiger partial charge in [-0.25, -0.2) is 9.97 Å². The highest BCUT2D eigenvalue weighted by Crippen LogP contribution is 2.38. The van der Waals surface area contributed by atoms with Crippen LogP contribution in [0.5, 0.6) is 0 Å². The van der Waals surface area contributed by atoms with Gasteiger partial charge in [0.1, 0.15) is 0 Å². The first-order chi connectivity index (χ1) is 8.65. The van der Waals surface area contributed by atoms with Gasteiger partial charge in [0.2, 0.25) is 0 Å². The maximum atomic E-state index is 5.94. The first-order valence-corrected chi connectivity index (χ1v) is 6.37. The van der Waals surface area contributed by atoms with Crippen LogP contribution in [0, 0.1) is 0 Å². The van der Waals surface area contributed by atoms with Crippen LogP contribution in [-0.2, 0) is 0 Å². The van der Waals surface area contributed by atoms with E-state index in [1.807, 2.05) is 13.0 Å². The minimum absolute atomic E-state index is 0. The molecule has 0 aliphatic heterocycles. The van der Waals surface area contributed by atoms with Crippen molar-refractivity contribution < 1.29 is 0 Å². The summed E-state index contributed by atoms with van der Waals surface area (Å²) in [5.41, 5.74) is 5.94. The molecule has 2 aromatic heterocycles. The Hall–Kier alpha value is -1.17. The third kappa shape index (κ3) is 2.88. The Bertz CT molecular complexity index is 560. The molecule has 0 radical (unpaired) electrons. The fourth-order valence-corrected chi connectivity index (χ4v) is 1.92. The summed E-state index contributed by atoms with van der Waals surface area (Å²) in [6, 6.07) is 3.43. The first-order valence-electron chi connectivity index (χ1n) is 5.99. The van der Waals surface area contributed by atoms with E-state index in [9.17, 15) is 0 Å². The van der Waals surface area contributed by atoms with Gasteiger partial charge in [0.05, 0.1) is 11.1 Å². The Morgan fingerprint density at radius 3 is 2.68 bits per heavy atom. The highest BCUT2D eigenvalue weighted by molar-refractivity contribution is 6.30. The van der Waals surface area contributed by atoms with Crippen LogP contribution in [0.25, 0.3) is 5.82 Å². The Morgan fingerprint density at radius 2 is 2.16 bits per heavy atom. The number of nitrogens with two attached hydrogens (primary N) is 1. The summed E-state index contributed by atoms with van der Waals surface area (Å²) < 4.78 is 1.72. The number of pyridine rings is 1. The quantitative estimate of drug-likeness (QED) is 0.946. The summed E-state index contributed by atoms with van der Waals surface area (Å²) in [6.45, 7) is 1.90. The molecule has 1 fully saturated rings. The normalized spacial score (nSPS) is 15.9. The standard InChI is InChI=1S/C12H14ClN5.ClH/c1-7(14)12-16-11(8-2-3-8)17-18(12)10-5-4-9(13)6-15-10;/h4-8H,2-3,14H2,1H3;1H/t7-;/m0./s1. The van der Waals surface area contributed by atoms with Crippen LogP contribution >= 0.6 is 24.0 Å². The van der Waals surface area contributed by atoms with Crippen molar-refractivity contribution in [3.8, 4) is 5.82 Å². The van der Waals surface area contributed by atoms with E-state index in [4.69, 9.17) is 17.3 Å². The number of hydrogen-bond acceptors (Lipinski definition) is 4. The van der Waals surface area contributed by atoms with Crippen molar-refractivity contribution in [2.24, 2.45) is 5.73 Å². The zero-order valence-corrected chi connectivity index (χ0v) is 12.0. The van der Waals surface area contributed by atoms with Gasteiger partial charge < -0.3 is 5.73 Å². The lowest BCUT2D eigenvalue weighted by Gasteiger charge is -2.06. The SMILES string of the molecule is C[C@H](N)c1nc(C2CC2)nn1-c1ccc(Cl)cn1.Cl. The molecule has 0 amide bonds. The minimum Gasteiger partial charge on any atom is -0.322 e. The largest absolute Gasteiger partial charge is 0.322 e. The zero-order valence-electron chi connectivity index (χ0n) is 10.5. The van der Waals surface area contributed by atoms with E-state index in [2.05, 4.69) is 15.1 Å². The van der Waals surface area contributed by atoms with Gasteiger partial charge in [-0.05, 0) is 31.9 Å². The molecule has 7 heteroatoms. The van der Waals surface area contributed by atoms with Gasteiger partial charge in [0.25, 0.3) is 0 Å². The lowest BCUT2D eigenvalue weighted by atomic mass is 10.3. The van der Waals surface area contributed by atoms with Crippen molar-refractivity contribution in [3.05, 3.63) is 35.0 Å². The monoisotopic (exact) mass is 299 g/mol. The van der Waals surface area contributed by atoms with Crippen molar-refractivity contribution in [1.29, 1.82) is 0 Å². The molecule has 0 saturated heterocycles. The number of nitrogens with zero attached hydrogens (tertiary/aromatic N) is 4. The summed E-state index contributed by atoms with van der Waals surface area (Å²) in [4.78, 5) is 8.78. The summed E-state index contributed by atoms with van der Waals surface area (Å²) in [7, 11) is 0. The maximum Gasteiger partial charge on any atom is 0.155 e. The van der Waals surface area contributed by atoms with Gasteiger partial charge in [-0.2, -0.15) is 4.68 Å². The highest BCUT2D eigenvalue weighted by atomic mass is 35.5. The lowest BCUT2D eigenvalue weighted by Crippen LogP contribution is -2.14. The molecule has 1 aliphatic carbocycles. The van der Waals surface area contributed by atoms with Gasteiger partial charge in [0, 0.05) is 12.1 Å². The molecular weight excluding hydrogens is 285 g/mol. The van der Waals surface area contributed by atoms with Crippen LogP contribution in [0.4, 0.5) is 0 Å². The van der Waals surface area contributed by atoms with Crippen LogP contribution in [-0.4, -0.2) is 19.7 Å². The number of halogens is 2. The number of hydrogen-bond donors (Lipinski definition) is 1. The van der Waals surface area contributed by atoms with Crippen molar-refractivity contribution in [3.63, 3.8) is 0 Å². The van der Waals surface area contributed by atoms with E-state index in [0.29, 0.717) is 16.8 Å². The van der Waals surface area contributed by atoms with Crippen molar-refractivity contribution in [2.75, 3.05) is 0 Å². The molecular formula is C12H15Cl2N5.